The van der Waals surface area contributed by atoms with E-state index in [1.54, 1.807) is 0 Å². The first-order chi connectivity index (χ1) is 12.8. The molecule has 0 nitrogen and oxygen atoms in total. The second kappa shape index (κ2) is 9.09. The number of hydrogen-bond acceptors (Lipinski definition) is 0. The van der Waals surface area contributed by atoms with E-state index in [0.717, 1.165) is 22.3 Å². The largest absolute Gasteiger partial charge is 0.122 e. The molecule has 0 aromatic heterocycles. The fourth-order valence-corrected chi connectivity index (χ4v) is 3.02. The monoisotopic (exact) mass is 356 g/mol. The number of rotatable bonds is 4. The van der Waals surface area contributed by atoms with Gasteiger partial charge in [-0.3, -0.25) is 0 Å². The van der Waals surface area contributed by atoms with Crippen LogP contribution in [0.5, 0.6) is 0 Å². The Morgan fingerprint density at radius 1 is 0.885 bits per heavy atom. The Balaban J connectivity index is 2.01. The molecule has 0 amide bonds. The van der Waals surface area contributed by atoms with Gasteiger partial charge < -0.3 is 0 Å². The van der Waals surface area contributed by atoms with Crippen molar-refractivity contribution >= 4 is 17.7 Å². The Bertz CT molecular complexity index is 911. The maximum atomic E-state index is 6.34. The molecule has 0 aliphatic carbocycles. The van der Waals surface area contributed by atoms with E-state index in [1.807, 2.05) is 48.5 Å². The zero-order valence-electron chi connectivity index (χ0n) is 14.8. The number of alkyl halides is 1. The molecule has 0 spiro atoms. The molecule has 0 bridgehead atoms. The predicted octanol–water partition coefficient (Wildman–Crippen LogP) is 6.45. The summed E-state index contributed by atoms with van der Waals surface area (Å²) in [5, 5.41) is 0. The summed E-state index contributed by atoms with van der Waals surface area (Å²) in [4.78, 5) is 0. The van der Waals surface area contributed by atoms with Gasteiger partial charge in [0.25, 0.3) is 0 Å². The number of aryl methyl sites for hydroxylation is 1. The topological polar surface area (TPSA) is 0 Å². The van der Waals surface area contributed by atoms with Gasteiger partial charge in [0.05, 0.1) is 5.92 Å². The third-order valence-electron chi connectivity index (χ3n) is 4.22. The van der Waals surface area contributed by atoms with Crippen molar-refractivity contribution < 1.29 is 0 Å². The highest BCUT2D eigenvalue weighted by atomic mass is 35.5. The van der Waals surface area contributed by atoms with Gasteiger partial charge in [0, 0.05) is 11.4 Å². The summed E-state index contributed by atoms with van der Waals surface area (Å²) in [6.45, 7) is 2.09. The van der Waals surface area contributed by atoms with E-state index in [9.17, 15) is 0 Å². The van der Waals surface area contributed by atoms with Crippen molar-refractivity contribution in [3.05, 3.63) is 113 Å². The van der Waals surface area contributed by atoms with Crippen LogP contribution in [0, 0.1) is 18.8 Å². The molecule has 0 fully saturated rings. The van der Waals surface area contributed by atoms with E-state index in [4.69, 9.17) is 11.6 Å². The van der Waals surface area contributed by atoms with Crippen LogP contribution in [0.4, 0.5) is 0 Å². The van der Waals surface area contributed by atoms with Gasteiger partial charge in [-0.25, -0.2) is 0 Å². The molecule has 0 radical (unpaired) electrons. The zero-order valence-corrected chi connectivity index (χ0v) is 15.6. The maximum absolute atomic E-state index is 6.34. The summed E-state index contributed by atoms with van der Waals surface area (Å²) in [5.41, 5.74) is 5.67. The minimum absolute atomic E-state index is 0.0322. The molecule has 3 aromatic carbocycles. The van der Waals surface area contributed by atoms with Crippen LogP contribution in [0.2, 0.25) is 0 Å². The van der Waals surface area contributed by atoms with Crippen LogP contribution in [-0.2, 0) is 0 Å². The van der Waals surface area contributed by atoms with Gasteiger partial charge in [-0.15, -0.1) is 11.6 Å². The SMILES string of the molecule is Cc1ccc(/C=C(\CCl)C(C#Cc2ccccc2)c2ccccc2)cc1. The van der Waals surface area contributed by atoms with E-state index in [-0.39, 0.29) is 5.92 Å². The molecule has 3 rings (SSSR count). The lowest BCUT2D eigenvalue weighted by molar-refractivity contribution is 1.04. The summed E-state index contributed by atoms with van der Waals surface area (Å²) in [6, 6.07) is 28.9. The molecule has 0 heterocycles. The summed E-state index contributed by atoms with van der Waals surface area (Å²) in [5.74, 6) is 7.14. The molecule has 0 aliphatic heterocycles. The summed E-state index contributed by atoms with van der Waals surface area (Å²) >= 11 is 6.34. The molecule has 1 heteroatoms. The Morgan fingerprint density at radius 2 is 1.50 bits per heavy atom. The molecule has 1 atom stereocenters. The normalized spacial score (nSPS) is 12.2. The Labute approximate surface area is 161 Å². The lowest BCUT2D eigenvalue weighted by atomic mass is 9.90. The van der Waals surface area contributed by atoms with Crippen molar-refractivity contribution in [2.45, 2.75) is 12.8 Å². The average Bonchev–Trinajstić information content (AvgIpc) is 2.70. The zero-order chi connectivity index (χ0) is 18.2. The van der Waals surface area contributed by atoms with E-state index in [1.165, 1.54) is 5.56 Å². The first-order valence-corrected chi connectivity index (χ1v) is 9.24. The van der Waals surface area contributed by atoms with Gasteiger partial charge in [0.15, 0.2) is 0 Å². The van der Waals surface area contributed by atoms with Gasteiger partial charge in [-0.05, 0) is 35.8 Å². The van der Waals surface area contributed by atoms with Crippen LogP contribution in [0.3, 0.4) is 0 Å². The van der Waals surface area contributed by atoms with Crippen LogP contribution in [0.15, 0.2) is 90.5 Å². The Kier molecular flexibility index (Phi) is 6.31. The van der Waals surface area contributed by atoms with Crippen molar-refractivity contribution in [1.29, 1.82) is 0 Å². The summed E-state index contributed by atoms with van der Waals surface area (Å²) in [7, 11) is 0. The smallest absolute Gasteiger partial charge is 0.0680 e. The number of halogens is 1. The fourth-order valence-electron chi connectivity index (χ4n) is 2.79. The highest BCUT2D eigenvalue weighted by Crippen LogP contribution is 2.27. The maximum Gasteiger partial charge on any atom is 0.0680 e. The van der Waals surface area contributed by atoms with Crippen LogP contribution in [-0.4, -0.2) is 5.88 Å². The molecule has 0 aliphatic rings. The second-order valence-electron chi connectivity index (χ2n) is 6.24. The predicted molar refractivity (Wildman–Crippen MR) is 112 cm³/mol. The Hall–Kier alpha value is -2.75. The average molecular weight is 357 g/mol. The number of benzene rings is 3. The van der Waals surface area contributed by atoms with Gasteiger partial charge in [-0.1, -0.05) is 96.3 Å². The van der Waals surface area contributed by atoms with E-state index < -0.39 is 0 Å². The van der Waals surface area contributed by atoms with Gasteiger partial charge >= 0.3 is 0 Å². The molecule has 0 saturated heterocycles. The second-order valence-corrected chi connectivity index (χ2v) is 6.51. The van der Waals surface area contributed by atoms with Crippen molar-refractivity contribution in [3.8, 4) is 11.8 Å². The molecular weight excluding hydrogens is 336 g/mol. The van der Waals surface area contributed by atoms with Crippen molar-refractivity contribution in [2.24, 2.45) is 0 Å². The molecule has 26 heavy (non-hydrogen) atoms. The van der Waals surface area contributed by atoms with Crippen molar-refractivity contribution in [1.82, 2.24) is 0 Å². The van der Waals surface area contributed by atoms with E-state index >= 15 is 0 Å². The van der Waals surface area contributed by atoms with Crippen LogP contribution >= 0.6 is 11.6 Å². The highest BCUT2D eigenvalue weighted by Gasteiger charge is 2.13. The third-order valence-corrected chi connectivity index (χ3v) is 4.53. The van der Waals surface area contributed by atoms with Crippen LogP contribution in [0.1, 0.15) is 28.2 Å². The minimum atomic E-state index is -0.0322. The van der Waals surface area contributed by atoms with Gasteiger partial charge in [0.2, 0.25) is 0 Å². The lowest BCUT2D eigenvalue weighted by Crippen LogP contribution is -2.02. The first kappa shape index (κ1) is 18.1. The fraction of sp³-hybridized carbons (Fsp3) is 0.120. The van der Waals surface area contributed by atoms with Gasteiger partial charge in [-0.2, -0.15) is 0 Å². The molecule has 3 aromatic rings. The number of allylic oxidation sites excluding steroid dienone is 1. The molecule has 128 valence electrons. The van der Waals surface area contributed by atoms with E-state index in [2.05, 4.69) is 61.2 Å². The molecule has 0 saturated carbocycles. The van der Waals surface area contributed by atoms with Crippen molar-refractivity contribution in [3.63, 3.8) is 0 Å². The molecule has 1 unspecified atom stereocenters. The first-order valence-electron chi connectivity index (χ1n) is 8.71. The summed E-state index contributed by atoms with van der Waals surface area (Å²) < 4.78 is 0. The lowest BCUT2D eigenvalue weighted by Gasteiger charge is -2.14. The molecule has 0 N–H and O–H groups in total. The standard InChI is InChI=1S/C25H21Cl/c1-20-12-14-22(15-13-20)18-24(19-26)25(23-10-6-3-7-11-23)17-16-21-8-4-2-5-9-21/h2-15,18,25H,19H2,1H3/b24-18+. The minimum Gasteiger partial charge on any atom is -0.122 e. The summed E-state index contributed by atoms with van der Waals surface area (Å²) in [6.07, 6.45) is 2.16. The molecular formula is C25H21Cl. The van der Waals surface area contributed by atoms with Crippen molar-refractivity contribution in [2.75, 3.05) is 5.88 Å². The number of hydrogen-bond donors (Lipinski definition) is 0. The quantitative estimate of drug-likeness (QED) is 0.372. The Morgan fingerprint density at radius 3 is 2.12 bits per heavy atom. The van der Waals surface area contributed by atoms with Crippen LogP contribution < -0.4 is 0 Å². The van der Waals surface area contributed by atoms with Crippen LogP contribution in [0.25, 0.3) is 6.08 Å². The van der Waals surface area contributed by atoms with Gasteiger partial charge in [0.1, 0.15) is 0 Å². The van der Waals surface area contributed by atoms with E-state index in [0.29, 0.717) is 5.88 Å². The third kappa shape index (κ3) is 4.88. The highest BCUT2D eigenvalue weighted by molar-refractivity contribution is 6.20.